The molecule has 0 aliphatic heterocycles. The molecule has 8 heteroatoms. The Hall–Kier alpha value is -3.03. The molecule has 22 heavy (non-hydrogen) atoms. The Kier molecular flexibility index (Phi) is 4.31. The van der Waals surface area contributed by atoms with E-state index in [0.717, 1.165) is 6.07 Å². The Balaban J connectivity index is 2.64. The van der Waals surface area contributed by atoms with E-state index in [2.05, 4.69) is 9.72 Å². The first kappa shape index (κ1) is 15.4. The second-order valence-electron chi connectivity index (χ2n) is 4.42. The Morgan fingerprint density at radius 3 is 2.82 bits per heavy atom. The Morgan fingerprint density at radius 2 is 2.23 bits per heavy atom. The summed E-state index contributed by atoms with van der Waals surface area (Å²) in [6, 6.07) is 5.11. The molecular formula is C14H12FN3O4. The second-order valence-corrected chi connectivity index (χ2v) is 4.42. The van der Waals surface area contributed by atoms with Crippen LogP contribution in [0.4, 0.5) is 15.8 Å². The highest BCUT2D eigenvalue weighted by Crippen LogP contribution is 2.35. The molecule has 2 rings (SSSR count). The minimum atomic E-state index is -0.694. The number of benzene rings is 1. The third kappa shape index (κ3) is 3.00. The molecule has 2 aromatic rings. The van der Waals surface area contributed by atoms with Crippen LogP contribution in [0, 0.1) is 15.9 Å². The van der Waals surface area contributed by atoms with Crippen LogP contribution < -0.4 is 5.73 Å². The summed E-state index contributed by atoms with van der Waals surface area (Å²) in [5.74, 6) is -1.25. The van der Waals surface area contributed by atoms with Crippen LogP contribution in [0.3, 0.4) is 0 Å². The van der Waals surface area contributed by atoms with Crippen molar-refractivity contribution in [1.82, 2.24) is 4.98 Å². The van der Waals surface area contributed by atoms with Crippen molar-refractivity contribution in [1.29, 1.82) is 0 Å². The van der Waals surface area contributed by atoms with Crippen molar-refractivity contribution >= 4 is 17.3 Å². The number of rotatable bonds is 4. The average molecular weight is 305 g/mol. The first-order chi connectivity index (χ1) is 10.4. The summed E-state index contributed by atoms with van der Waals surface area (Å²) < 4.78 is 18.4. The molecule has 1 heterocycles. The number of nitro benzene ring substituents is 1. The van der Waals surface area contributed by atoms with Crippen molar-refractivity contribution in [2.75, 3.05) is 12.8 Å². The summed E-state index contributed by atoms with van der Waals surface area (Å²) in [7, 11) is 1.20. The van der Waals surface area contributed by atoms with Crippen molar-refractivity contribution in [2.45, 2.75) is 6.42 Å². The number of aromatic nitrogens is 1. The number of hydrogen-bond acceptors (Lipinski definition) is 6. The Labute approximate surface area is 124 Å². The normalized spacial score (nSPS) is 10.3. The van der Waals surface area contributed by atoms with Gasteiger partial charge in [0.05, 0.1) is 18.5 Å². The van der Waals surface area contributed by atoms with E-state index in [9.17, 15) is 19.3 Å². The molecule has 1 aromatic heterocycles. The van der Waals surface area contributed by atoms with Crippen LogP contribution in [0.5, 0.6) is 0 Å². The monoisotopic (exact) mass is 305 g/mol. The number of halogens is 1. The fourth-order valence-electron chi connectivity index (χ4n) is 1.97. The van der Waals surface area contributed by atoms with Crippen molar-refractivity contribution in [2.24, 2.45) is 0 Å². The molecule has 1 aromatic carbocycles. The van der Waals surface area contributed by atoms with Gasteiger partial charge in [0.1, 0.15) is 17.2 Å². The number of ether oxygens (including phenoxy) is 1. The molecule has 0 saturated carbocycles. The van der Waals surface area contributed by atoms with Gasteiger partial charge in [-0.25, -0.2) is 4.39 Å². The quantitative estimate of drug-likeness (QED) is 0.401. The van der Waals surface area contributed by atoms with E-state index >= 15 is 0 Å². The van der Waals surface area contributed by atoms with Gasteiger partial charge >= 0.3 is 5.97 Å². The SMILES string of the molecule is COC(=O)Cc1cc(-c2ncccc2F)c(N)c([N+](=O)[O-])c1. The van der Waals surface area contributed by atoms with Gasteiger partial charge in [-0.05, 0) is 23.8 Å². The van der Waals surface area contributed by atoms with Crippen LogP contribution in [0.1, 0.15) is 5.56 Å². The highest BCUT2D eigenvalue weighted by Gasteiger charge is 2.21. The number of nitrogen functional groups attached to an aromatic ring is 1. The summed E-state index contributed by atoms with van der Waals surface area (Å²) in [4.78, 5) is 25.6. The van der Waals surface area contributed by atoms with Gasteiger partial charge in [-0.15, -0.1) is 0 Å². The molecule has 0 atom stereocenters. The summed E-state index contributed by atoms with van der Waals surface area (Å²) in [5, 5.41) is 11.1. The second kappa shape index (κ2) is 6.17. The zero-order valence-electron chi connectivity index (χ0n) is 11.6. The third-order valence-corrected chi connectivity index (χ3v) is 3.00. The molecule has 0 bridgehead atoms. The predicted octanol–water partition coefficient (Wildman–Crippen LogP) is 2.09. The van der Waals surface area contributed by atoms with Crippen molar-refractivity contribution in [3.8, 4) is 11.3 Å². The number of carbonyl (C=O) groups excluding carboxylic acids is 1. The maximum Gasteiger partial charge on any atom is 0.309 e. The van der Waals surface area contributed by atoms with Gasteiger partial charge in [-0.2, -0.15) is 0 Å². The summed E-state index contributed by atoms with van der Waals surface area (Å²) in [6.07, 6.45) is 1.15. The van der Waals surface area contributed by atoms with Gasteiger partial charge < -0.3 is 10.5 Å². The summed E-state index contributed by atoms with van der Waals surface area (Å²) in [5.41, 5.74) is 5.36. The van der Waals surface area contributed by atoms with Gasteiger partial charge in [0.15, 0.2) is 0 Å². The van der Waals surface area contributed by atoms with Gasteiger partial charge in [0, 0.05) is 17.8 Å². The van der Waals surface area contributed by atoms with E-state index in [4.69, 9.17) is 5.73 Å². The van der Waals surface area contributed by atoms with E-state index < -0.39 is 22.4 Å². The van der Waals surface area contributed by atoms with E-state index in [1.807, 2.05) is 0 Å². The van der Waals surface area contributed by atoms with Crippen molar-refractivity contribution < 1.29 is 18.8 Å². The molecule has 0 fully saturated rings. The van der Waals surface area contributed by atoms with Crippen molar-refractivity contribution in [3.05, 3.63) is 52.0 Å². The van der Waals surface area contributed by atoms with Crippen LogP contribution in [0.25, 0.3) is 11.3 Å². The molecule has 0 unspecified atom stereocenters. The molecule has 0 spiro atoms. The molecular weight excluding hydrogens is 293 g/mol. The lowest BCUT2D eigenvalue weighted by Crippen LogP contribution is -2.07. The molecule has 114 valence electrons. The number of esters is 1. The minimum absolute atomic E-state index is 0.0613. The lowest BCUT2D eigenvalue weighted by atomic mass is 10.0. The third-order valence-electron chi connectivity index (χ3n) is 3.00. The number of carbonyl (C=O) groups is 1. The summed E-state index contributed by atoms with van der Waals surface area (Å²) in [6.45, 7) is 0. The number of nitro groups is 1. The maximum atomic E-state index is 13.9. The van der Waals surface area contributed by atoms with Crippen molar-refractivity contribution in [3.63, 3.8) is 0 Å². The Bertz CT molecular complexity index is 749. The molecule has 7 nitrogen and oxygen atoms in total. The van der Waals surface area contributed by atoms with Gasteiger partial charge in [0.25, 0.3) is 5.69 Å². The van der Waals surface area contributed by atoms with Gasteiger partial charge in [-0.1, -0.05) is 0 Å². The largest absolute Gasteiger partial charge is 0.469 e. The highest BCUT2D eigenvalue weighted by molar-refractivity contribution is 5.83. The number of anilines is 1. The summed E-state index contributed by atoms with van der Waals surface area (Å²) >= 11 is 0. The number of pyridine rings is 1. The number of hydrogen-bond donors (Lipinski definition) is 1. The molecule has 0 aliphatic rings. The van der Waals surface area contributed by atoms with Crippen LogP contribution in [-0.2, 0) is 16.0 Å². The first-order valence-electron chi connectivity index (χ1n) is 6.18. The maximum absolute atomic E-state index is 13.9. The topological polar surface area (TPSA) is 108 Å². The average Bonchev–Trinajstić information content (AvgIpc) is 2.49. The van der Waals surface area contributed by atoms with E-state index in [-0.39, 0.29) is 28.9 Å². The number of nitrogens with two attached hydrogens (primary N) is 1. The van der Waals surface area contributed by atoms with E-state index in [1.165, 1.54) is 31.5 Å². The Morgan fingerprint density at radius 1 is 1.50 bits per heavy atom. The smallest absolute Gasteiger partial charge is 0.309 e. The van der Waals surface area contributed by atoms with Crippen LogP contribution >= 0.6 is 0 Å². The highest BCUT2D eigenvalue weighted by atomic mass is 19.1. The molecule has 0 aliphatic carbocycles. The van der Waals surface area contributed by atoms with Crippen LogP contribution in [0.2, 0.25) is 0 Å². The predicted molar refractivity (Wildman–Crippen MR) is 76.4 cm³/mol. The standard InChI is InChI=1S/C14H12FN3O4/c1-22-12(19)7-8-5-9(13(16)11(6-8)18(20)21)14-10(15)3-2-4-17-14/h2-6H,7,16H2,1H3. The fourth-order valence-corrected chi connectivity index (χ4v) is 1.97. The molecule has 2 N–H and O–H groups in total. The number of methoxy groups -OCH3 is 1. The zero-order chi connectivity index (χ0) is 16.3. The number of nitrogens with zero attached hydrogens (tertiary/aromatic N) is 2. The minimum Gasteiger partial charge on any atom is -0.469 e. The zero-order valence-corrected chi connectivity index (χ0v) is 11.6. The molecule has 0 saturated heterocycles. The lowest BCUT2D eigenvalue weighted by molar-refractivity contribution is -0.383. The van der Waals surface area contributed by atoms with Gasteiger partial charge in [0.2, 0.25) is 0 Å². The first-order valence-corrected chi connectivity index (χ1v) is 6.18. The van der Waals surface area contributed by atoms with E-state index in [0.29, 0.717) is 0 Å². The fraction of sp³-hybridized carbons (Fsp3) is 0.143. The van der Waals surface area contributed by atoms with E-state index in [1.54, 1.807) is 0 Å². The molecule has 0 radical (unpaired) electrons. The lowest BCUT2D eigenvalue weighted by Gasteiger charge is -2.09. The van der Waals surface area contributed by atoms with Gasteiger partial charge in [-0.3, -0.25) is 19.9 Å². The molecule has 0 amide bonds. The van der Waals surface area contributed by atoms with Crippen LogP contribution in [-0.4, -0.2) is 23.0 Å². The van der Waals surface area contributed by atoms with Crippen LogP contribution in [0.15, 0.2) is 30.5 Å².